The van der Waals surface area contributed by atoms with Crippen molar-refractivity contribution >= 4 is 16.8 Å². The van der Waals surface area contributed by atoms with Crippen molar-refractivity contribution < 1.29 is 4.79 Å². The van der Waals surface area contributed by atoms with Gasteiger partial charge in [-0.25, -0.2) is 0 Å². The van der Waals surface area contributed by atoms with Gasteiger partial charge in [0.05, 0.1) is 12.1 Å². The molecule has 4 nitrogen and oxygen atoms in total. The average molecular weight is 257 g/mol. The topological polar surface area (TPSA) is 54.0 Å². The highest BCUT2D eigenvalue weighted by molar-refractivity contribution is 5.82. The third-order valence-electron chi connectivity index (χ3n) is 2.86. The van der Waals surface area contributed by atoms with Crippen LogP contribution in [-0.4, -0.2) is 23.5 Å². The first kappa shape index (κ1) is 13.5. The first-order valence-electron chi connectivity index (χ1n) is 6.49. The number of benzene rings is 1. The van der Waals surface area contributed by atoms with E-state index in [9.17, 15) is 4.79 Å². The Morgan fingerprint density at radius 3 is 2.84 bits per heavy atom. The molecule has 0 saturated heterocycles. The Labute approximate surface area is 113 Å². The highest BCUT2D eigenvalue weighted by atomic mass is 16.1. The van der Waals surface area contributed by atoms with Crippen LogP contribution in [0.5, 0.6) is 0 Å². The summed E-state index contributed by atoms with van der Waals surface area (Å²) in [7, 11) is 0. The van der Waals surface area contributed by atoms with Crippen LogP contribution in [-0.2, 0) is 11.3 Å². The van der Waals surface area contributed by atoms with Gasteiger partial charge in [-0.05, 0) is 11.6 Å². The lowest BCUT2D eigenvalue weighted by atomic mass is 10.1. The minimum atomic E-state index is 0.00151. The molecule has 0 atom stereocenters. The van der Waals surface area contributed by atoms with Crippen molar-refractivity contribution in [3.05, 3.63) is 42.1 Å². The second-order valence-corrected chi connectivity index (χ2v) is 4.80. The zero-order valence-electron chi connectivity index (χ0n) is 11.3. The second-order valence-electron chi connectivity index (χ2n) is 4.80. The first-order chi connectivity index (χ1) is 9.16. The zero-order valence-corrected chi connectivity index (χ0v) is 11.3. The van der Waals surface area contributed by atoms with Gasteiger partial charge in [-0.15, -0.1) is 0 Å². The van der Waals surface area contributed by atoms with Crippen LogP contribution in [0.3, 0.4) is 0 Å². The molecule has 0 fully saturated rings. The van der Waals surface area contributed by atoms with Crippen LogP contribution in [0.1, 0.15) is 19.4 Å². The van der Waals surface area contributed by atoms with Crippen LogP contribution in [0, 0.1) is 0 Å². The number of pyridine rings is 1. The summed E-state index contributed by atoms with van der Waals surface area (Å²) in [6.45, 7) is 4.88. The van der Waals surface area contributed by atoms with Crippen molar-refractivity contribution in [1.82, 2.24) is 15.6 Å². The van der Waals surface area contributed by atoms with Crippen molar-refractivity contribution in [1.29, 1.82) is 0 Å². The Kier molecular flexibility index (Phi) is 4.47. The van der Waals surface area contributed by atoms with E-state index in [-0.39, 0.29) is 5.91 Å². The van der Waals surface area contributed by atoms with Crippen molar-refractivity contribution in [3.8, 4) is 0 Å². The summed E-state index contributed by atoms with van der Waals surface area (Å²) < 4.78 is 0. The number of nitrogens with zero attached hydrogens (tertiary/aromatic N) is 1. The van der Waals surface area contributed by atoms with Crippen LogP contribution in [0.2, 0.25) is 0 Å². The molecule has 19 heavy (non-hydrogen) atoms. The largest absolute Gasteiger partial charge is 0.351 e. The highest BCUT2D eigenvalue weighted by Crippen LogP contribution is 2.15. The molecule has 1 heterocycles. The van der Waals surface area contributed by atoms with Gasteiger partial charge in [-0.3, -0.25) is 9.78 Å². The first-order valence-corrected chi connectivity index (χ1v) is 6.49. The normalized spacial score (nSPS) is 10.9. The molecular formula is C15H19N3O. The van der Waals surface area contributed by atoms with Crippen LogP contribution < -0.4 is 10.6 Å². The number of rotatable bonds is 5. The summed E-state index contributed by atoms with van der Waals surface area (Å²) in [6, 6.07) is 10.2. The van der Waals surface area contributed by atoms with Crippen LogP contribution >= 0.6 is 0 Å². The van der Waals surface area contributed by atoms with E-state index in [2.05, 4.69) is 15.6 Å². The van der Waals surface area contributed by atoms with Crippen molar-refractivity contribution in [2.24, 2.45) is 0 Å². The van der Waals surface area contributed by atoms with Gasteiger partial charge in [0.2, 0.25) is 5.91 Å². The van der Waals surface area contributed by atoms with E-state index < -0.39 is 0 Å². The van der Waals surface area contributed by atoms with Crippen molar-refractivity contribution in [3.63, 3.8) is 0 Å². The minimum Gasteiger partial charge on any atom is -0.351 e. The van der Waals surface area contributed by atoms with Gasteiger partial charge >= 0.3 is 0 Å². The van der Waals surface area contributed by atoms with E-state index in [4.69, 9.17) is 0 Å². The molecule has 0 aliphatic heterocycles. The van der Waals surface area contributed by atoms with E-state index in [1.165, 1.54) is 0 Å². The van der Waals surface area contributed by atoms with Gasteiger partial charge < -0.3 is 10.6 Å². The molecule has 0 saturated carbocycles. The Bertz CT molecular complexity index is 561. The summed E-state index contributed by atoms with van der Waals surface area (Å²) in [5, 5.41) is 7.09. The molecule has 4 heteroatoms. The van der Waals surface area contributed by atoms with Gasteiger partial charge in [0, 0.05) is 24.2 Å². The molecule has 2 aromatic rings. The molecule has 100 valence electrons. The molecule has 0 unspecified atom stereocenters. The molecule has 1 aromatic heterocycles. The monoisotopic (exact) mass is 257 g/mol. The maximum Gasteiger partial charge on any atom is 0.234 e. The highest BCUT2D eigenvalue weighted by Gasteiger charge is 2.05. The van der Waals surface area contributed by atoms with Gasteiger partial charge in [0.1, 0.15) is 0 Å². The number of aromatic nitrogens is 1. The number of carbonyl (C=O) groups is 1. The standard InChI is InChI=1S/C15H19N3O/c1-11(2)17-10-14(19)18-9-13-6-3-5-12-7-4-8-16-15(12)13/h3-8,11,17H,9-10H2,1-2H3,(H,18,19). The molecular weight excluding hydrogens is 238 g/mol. The number of hydrogen-bond donors (Lipinski definition) is 2. The van der Waals surface area contributed by atoms with E-state index in [1.54, 1.807) is 6.20 Å². The van der Waals surface area contributed by atoms with Crippen LogP contribution in [0.4, 0.5) is 0 Å². The summed E-state index contributed by atoms with van der Waals surface area (Å²) in [5.74, 6) is 0.00151. The lowest BCUT2D eigenvalue weighted by Crippen LogP contribution is -2.36. The maximum absolute atomic E-state index is 11.7. The number of fused-ring (bicyclic) bond motifs is 1. The predicted molar refractivity (Wildman–Crippen MR) is 76.7 cm³/mol. The van der Waals surface area contributed by atoms with Crippen molar-refractivity contribution in [2.45, 2.75) is 26.4 Å². The van der Waals surface area contributed by atoms with Gasteiger partial charge in [0.15, 0.2) is 0 Å². The zero-order chi connectivity index (χ0) is 13.7. The average Bonchev–Trinajstić information content (AvgIpc) is 2.42. The quantitative estimate of drug-likeness (QED) is 0.859. The van der Waals surface area contributed by atoms with Gasteiger partial charge in [0.25, 0.3) is 0 Å². The summed E-state index contributed by atoms with van der Waals surface area (Å²) in [5.41, 5.74) is 1.98. The maximum atomic E-state index is 11.7. The molecule has 0 aliphatic carbocycles. The number of amides is 1. The molecule has 0 aliphatic rings. The molecule has 0 bridgehead atoms. The number of nitrogens with one attached hydrogen (secondary N) is 2. The Morgan fingerprint density at radius 1 is 1.26 bits per heavy atom. The lowest BCUT2D eigenvalue weighted by Gasteiger charge is -2.10. The van der Waals surface area contributed by atoms with Crippen molar-refractivity contribution in [2.75, 3.05) is 6.54 Å². The Morgan fingerprint density at radius 2 is 2.05 bits per heavy atom. The van der Waals surface area contributed by atoms with Crippen LogP contribution in [0.25, 0.3) is 10.9 Å². The van der Waals surface area contributed by atoms with E-state index >= 15 is 0 Å². The molecule has 0 radical (unpaired) electrons. The minimum absolute atomic E-state index is 0.00151. The summed E-state index contributed by atoms with van der Waals surface area (Å²) in [4.78, 5) is 16.0. The molecule has 2 rings (SSSR count). The third kappa shape index (κ3) is 3.76. The molecule has 1 amide bonds. The number of hydrogen-bond acceptors (Lipinski definition) is 3. The van der Waals surface area contributed by atoms with Gasteiger partial charge in [-0.2, -0.15) is 0 Å². The summed E-state index contributed by atoms with van der Waals surface area (Å²) in [6.07, 6.45) is 1.77. The van der Waals surface area contributed by atoms with E-state index in [1.807, 2.05) is 44.2 Å². The second kappa shape index (κ2) is 6.29. The third-order valence-corrected chi connectivity index (χ3v) is 2.86. The fraction of sp³-hybridized carbons (Fsp3) is 0.333. The molecule has 1 aromatic carbocycles. The SMILES string of the molecule is CC(C)NCC(=O)NCc1cccc2cccnc12. The summed E-state index contributed by atoms with van der Waals surface area (Å²) >= 11 is 0. The lowest BCUT2D eigenvalue weighted by molar-refractivity contribution is -0.120. The smallest absolute Gasteiger partial charge is 0.234 e. The van der Waals surface area contributed by atoms with Gasteiger partial charge in [-0.1, -0.05) is 38.1 Å². The molecule has 2 N–H and O–H groups in total. The number of carbonyl (C=O) groups excluding carboxylic acids is 1. The Hall–Kier alpha value is -1.94. The fourth-order valence-corrected chi connectivity index (χ4v) is 1.86. The Balaban J connectivity index is 2.00. The fourth-order valence-electron chi connectivity index (χ4n) is 1.86. The van der Waals surface area contributed by atoms with E-state index in [0.717, 1.165) is 16.5 Å². The van der Waals surface area contributed by atoms with Crippen LogP contribution in [0.15, 0.2) is 36.5 Å². The number of para-hydroxylation sites is 1. The van der Waals surface area contributed by atoms with E-state index in [0.29, 0.717) is 19.1 Å². The molecule has 0 spiro atoms. The predicted octanol–water partition coefficient (Wildman–Crippen LogP) is 1.85.